The summed E-state index contributed by atoms with van der Waals surface area (Å²) in [5.41, 5.74) is 0. The van der Waals surface area contributed by atoms with Crippen LogP contribution in [0.2, 0.25) is 0 Å². The molecule has 0 spiro atoms. The fourth-order valence-electron chi connectivity index (χ4n) is 0.917. The summed E-state index contributed by atoms with van der Waals surface area (Å²) in [7, 11) is 0. The van der Waals surface area contributed by atoms with Crippen molar-refractivity contribution < 1.29 is 26.8 Å². The van der Waals surface area contributed by atoms with E-state index in [1.807, 2.05) is 0 Å². The average molecular weight is 215 g/mol. The Hall–Kier alpha value is 0.964. The van der Waals surface area contributed by atoms with Gasteiger partial charge in [0, 0.05) is 28.3 Å². The van der Waals surface area contributed by atoms with Gasteiger partial charge in [0.25, 0.3) is 0 Å². The monoisotopic (exact) mass is 214 g/mol. The summed E-state index contributed by atoms with van der Waals surface area (Å²) in [6.07, 6.45) is 4.83. The normalized spacial score (nSPS) is 11.2. The van der Waals surface area contributed by atoms with Crippen LogP contribution in [0.15, 0.2) is 0 Å². The van der Waals surface area contributed by atoms with Crippen molar-refractivity contribution in [2.24, 2.45) is 5.92 Å². The van der Waals surface area contributed by atoms with Crippen LogP contribution < -0.4 is 0 Å². The second-order valence-electron chi connectivity index (χ2n) is 2.60. The predicted molar refractivity (Wildman–Crippen MR) is 47.6 cm³/mol. The molecule has 0 radical (unpaired) electrons. The Morgan fingerprint density at radius 3 is 2.09 bits per heavy atom. The SMILES string of the molecule is CCCCC(CC)CO.Cl.[Ti]. The Labute approximate surface area is 91.2 Å². The number of hydrogen-bond donors (Lipinski definition) is 1. The summed E-state index contributed by atoms with van der Waals surface area (Å²) in [6.45, 7) is 4.69. The fourth-order valence-corrected chi connectivity index (χ4v) is 0.917. The van der Waals surface area contributed by atoms with Gasteiger partial charge in [-0.1, -0.05) is 33.1 Å². The van der Waals surface area contributed by atoms with Gasteiger partial charge in [-0.15, -0.1) is 12.4 Å². The third-order valence-corrected chi connectivity index (χ3v) is 1.80. The second kappa shape index (κ2) is 13.5. The maximum Gasteiger partial charge on any atom is 0.0459 e. The molecule has 1 N–H and O–H groups in total. The van der Waals surface area contributed by atoms with Crippen LogP contribution in [0.4, 0.5) is 0 Å². The van der Waals surface area contributed by atoms with Crippen molar-refractivity contribution in [2.45, 2.75) is 39.5 Å². The molecule has 0 bridgehead atoms. The van der Waals surface area contributed by atoms with E-state index in [-0.39, 0.29) is 34.1 Å². The molecule has 0 amide bonds. The summed E-state index contributed by atoms with van der Waals surface area (Å²) >= 11 is 0. The van der Waals surface area contributed by atoms with Crippen molar-refractivity contribution in [1.82, 2.24) is 0 Å². The smallest absolute Gasteiger partial charge is 0.0459 e. The molecule has 0 saturated heterocycles. The number of halogens is 1. The summed E-state index contributed by atoms with van der Waals surface area (Å²) in [5.74, 6) is 0.560. The number of unbranched alkanes of at least 4 members (excludes halogenated alkanes) is 1. The van der Waals surface area contributed by atoms with E-state index >= 15 is 0 Å². The van der Waals surface area contributed by atoms with Gasteiger partial charge in [0.1, 0.15) is 0 Å². The van der Waals surface area contributed by atoms with Gasteiger partial charge in [-0.25, -0.2) is 0 Å². The Kier molecular flexibility index (Phi) is 22.0. The number of hydrogen-bond acceptors (Lipinski definition) is 1. The molecule has 0 rings (SSSR count). The first-order valence-electron chi connectivity index (χ1n) is 3.96. The molecule has 0 aliphatic heterocycles. The van der Waals surface area contributed by atoms with Crippen LogP contribution in [-0.2, 0) is 21.7 Å². The molecule has 11 heavy (non-hydrogen) atoms. The van der Waals surface area contributed by atoms with E-state index in [0.717, 1.165) is 6.42 Å². The van der Waals surface area contributed by atoms with Crippen LogP contribution >= 0.6 is 12.4 Å². The van der Waals surface area contributed by atoms with E-state index in [1.54, 1.807) is 0 Å². The van der Waals surface area contributed by atoms with Gasteiger partial charge in [-0.3, -0.25) is 0 Å². The first-order valence-corrected chi connectivity index (χ1v) is 3.96. The molecule has 1 nitrogen and oxygen atoms in total. The fraction of sp³-hybridized carbons (Fsp3) is 1.00. The number of aliphatic hydroxyl groups excluding tert-OH is 1. The average Bonchev–Trinajstić information content (AvgIpc) is 1.91. The standard InChI is InChI=1S/C8H18O.ClH.Ti/c1-3-5-6-8(4-2)7-9;;/h8-9H,3-7H2,1-2H3;1H;. The summed E-state index contributed by atoms with van der Waals surface area (Å²) in [4.78, 5) is 0. The zero-order valence-electron chi connectivity index (χ0n) is 7.47. The van der Waals surface area contributed by atoms with E-state index in [9.17, 15) is 0 Å². The molecule has 68 valence electrons. The van der Waals surface area contributed by atoms with Crippen LogP contribution in [0, 0.1) is 5.92 Å². The van der Waals surface area contributed by atoms with Gasteiger partial charge in [0.15, 0.2) is 0 Å². The Balaban J connectivity index is -0.000000320. The Morgan fingerprint density at radius 2 is 1.82 bits per heavy atom. The van der Waals surface area contributed by atoms with Gasteiger partial charge in [0.2, 0.25) is 0 Å². The van der Waals surface area contributed by atoms with Gasteiger partial charge < -0.3 is 5.11 Å². The third kappa shape index (κ3) is 11.0. The first-order chi connectivity index (χ1) is 4.35. The topological polar surface area (TPSA) is 20.2 Å². The molecule has 0 aliphatic carbocycles. The molecule has 0 saturated carbocycles. The van der Waals surface area contributed by atoms with Crippen LogP contribution in [-0.4, -0.2) is 11.7 Å². The van der Waals surface area contributed by atoms with Crippen LogP contribution in [0.25, 0.3) is 0 Å². The molecule has 0 heterocycles. The van der Waals surface area contributed by atoms with Crippen molar-refractivity contribution in [1.29, 1.82) is 0 Å². The van der Waals surface area contributed by atoms with Crippen LogP contribution in [0.5, 0.6) is 0 Å². The quantitative estimate of drug-likeness (QED) is 0.698. The molecule has 1 atom stereocenters. The van der Waals surface area contributed by atoms with Crippen LogP contribution in [0.3, 0.4) is 0 Å². The van der Waals surface area contributed by atoms with Gasteiger partial charge in [0.05, 0.1) is 0 Å². The first kappa shape index (κ1) is 17.9. The largest absolute Gasteiger partial charge is 0.396 e. The number of rotatable bonds is 5. The zero-order chi connectivity index (χ0) is 7.11. The zero-order valence-corrected chi connectivity index (χ0v) is 9.85. The van der Waals surface area contributed by atoms with E-state index in [0.29, 0.717) is 12.5 Å². The van der Waals surface area contributed by atoms with E-state index < -0.39 is 0 Å². The molecule has 0 aromatic heterocycles. The molecular formula is C8H19ClOTi. The second-order valence-corrected chi connectivity index (χ2v) is 2.60. The van der Waals surface area contributed by atoms with E-state index in [2.05, 4.69) is 13.8 Å². The maximum atomic E-state index is 8.75. The van der Waals surface area contributed by atoms with Gasteiger partial charge in [-0.2, -0.15) is 0 Å². The molecule has 0 fully saturated rings. The molecule has 1 unspecified atom stereocenters. The van der Waals surface area contributed by atoms with Gasteiger partial charge >= 0.3 is 0 Å². The summed E-state index contributed by atoms with van der Waals surface area (Å²) < 4.78 is 0. The van der Waals surface area contributed by atoms with Crippen molar-refractivity contribution in [3.63, 3.8) is 0 Å². The van der Waals surface area contributed by atoms with Crippen molar-refractivity contribution in [3.05, 3.63) is 0 Å². The number of aliphatic hydroxyl groups is 1. The Morgan fingerprint density at radius 1 is 1.27 bits per heavy atom. The van der Waals surface area contributed by atoms with Crippen molar-refractivity contribution >= 4 is 12.4 Å². The summed E-state index contributed by atoms with van der Waals surface area (Å²) in [6, 6.07) is 0. The maximum absolute atomic E-state index is 8.75. The summed E-state index contributed by atoms with van der Waals surface area (Å²) in [5, 5.41) is 8.75. The van der Waals surface area contributed by atoms with Crippen LogP contribution in [0.1, 0.15) is 39.5 Å². The van der Waals surface area contributed by atoms with E-state index in [1.165, 1.54) is 19.3 Å². The minimum Gasteiger partial charge on any atom is -0.396 e. The molecular weight excluding hydrogens is 195 g/mol. The molecule has 0 aromatic rings. The Bertz CT molecular complexity index is 58.1. The third-order valence-electron chi connectivity index (χ3n) is 1.80. The predicted octanol–water partition coefficient (Wildman–Crippen LogP) is 2.61. The molecule has 3 heteroatoms. The molecule has 0 aliphatic rings. The van der Waals surface area contributed by atoms with Crippen molar-refractivity contribution in [3.8, 4) is 0 Å². The minimum atomic E-state index is 0. The molecule has 0 aromatic carbocycles. The van der Waals surface area contributed by atoms with E-state index in [4.69, 9.17) is 5.11 Å². The van der Waals surface area contributed by atoms with Crippen molar-refractivity contribution in [2.75, 3.05) is 6.61 Å². The minimum absolute atomic E-state index is 0. The van der Waals surface area contributed by atoms with Gasteiger partial charge in [-0.05, 0) is 12.3 Å².